The Hall–Kier alpha value is -1.20. The van der Waals surface area contributed by atoms with E-state index >= 15 is 0 Å². The molecule has 2 heterocycles. The number of aryl methyl sites for hydroxylation is 2. The molecule has 0 saturated heterocycles. The number of fused-ring (bicyclic) bond motifs is 3. The summed E-state index contributed by atoms with van der Waals surface area (Å²) in [6.07, 6.45) is 3.39. The van der Waals surface area contributed by atoms with Crippen LogP contribution in [0.4, 0.5) is 5.82 Å². The van der Waals surface area contributed by atoms with E-state index in [-0.39, 0.29) is 6.10 Å². The van der Waals surface area contributed by atoms with Crippen LogP contribution in [0.15, 0.2) is 0 Å². The summed E-state index contributed by atoms with van der Waals surface area (Å²) in [7, 11) is 1.66. The number of nitrogens with zero attached hydrogens (tertiary/aromatic N) is 2. The molecule has 1 unspecified atom stereocenters. The predicted molar refractivity (Wildman–Crippen MR) is 69.3 cm³/mol. The molecule has 0 saturated carbocycles. The maximum Gasteiger partial charge on any atom is 0.160 e. The first kappa shape index (κ1) is 10.9. The second kappa shape index (κ2) is 3.92. The van der Waals surface area contributed by atoms with E-state index in [2.05, 4.69) is 9.97 Å². The van der Waals surface area contributed by atoms with E-state index < -0.39 is 0 Å². The molecular weight excluding hydrogens is 234 g/mol. The van der Waals surface area contributed by atoms with Crippen molar-refractivity contribution in [1.29, 1.82) is 0 Å². The molecule has 2 aromatic heterocycles. The fraction of sp³-hybridized carbons (Fsp3) is 0.500. The summed E-state index contributed by atoms with van der Waals surface area (Å²) in [4.78, 5) is 11.4. The molecule has 0 aliphatic heterocycles. The number of methoxy groups -OCH3 is 1. The summed E-state index contributed by atoms with van der Waals surface area (Å²) in [6, 6.07) is 0. The van der Waals surface area contributed by atoms with Crippen molar-refractivity contribution >= 4 is 27.4 Å². The van der Waals surface area contributed by atoms with Crippen molar-refractivity contribution in [2.24, 2.45) is 0 Å². The van der Waals surface area contributed by atoms with Crippen LogP contribution in [0.25, 0.3) is 10.2 Å². The Bertz CT molecular complexity index is 579. The average molecular weight is 249 g/mol. The molecule has 0 aromatic carbocycles. The molecule has 1 aliphatic carbocycles. The van der Waals surface area contributed by atoms with Gasteiger partial charge in [-0.1, -0.05) is 0 Å². The number of hydrogen-bond acceptors (Lipinski definition) is 5. The summed E-state index contributed by atoms with van der Waals surface area (Å²) in [6.45, 7) is 1.93. The zero-order valence-electron chi connectivity index (χ0n) is 9.99. The van der Waals surface area contributed by atoms with Gasteiger partial charge < -0.3 is 10.5 Å². The molecule has 0 bridgehead atoms. The van der Waals surface area contributed by atoms with Crippen LogP contribution in [0.5, 0.6) is 0 Å². The molecule has 0 fully saturated rings. The van der Waals surface area contributed by atoms with Gasteiger partial charge in [0.15, 0.2) is 5.82 Å². The lowest BCUT2D eigenvalue weighted by atomic mass is 10.2. The molecule has 4 nitrogen and oxygen atoms in total. The van der Waals surface area contributed by atoms with Gasteiger partial charge in [0.2, 0.25) is 0 Å². The van der Waals surface area contributed by atoms with E-state index in [0.29, 0.717) is 11.6 Å². The van der Waals surface area contributed by atoms with Crippen molar-refractivity contribution in [3.8, 4) is 0 Å². The first-order chi connectivity index (χ1) is 8.20. The quantitative estimate of drug-likeness (QED) is 0.888. The molecule has 3 rings (SSSR count). The van der Waals surface area contributed by atoms with Crippen molar-refractivity contribution in [2.45, 2.75) is 32.3 Å². The van der Waals surface area contributed by atoms with Gasteiger partial charge in [0, 0.05) is 12.0 Å². The summed E-state index contributed by atoms with van der Waals surface area (Å²) in [5, 5.41) is 1.08. The number of anilines is 1. The minimum absolute atomic E-state index is 0.112. The molecule has 2 N–H and O–H groups in total. The number of thiophene rings is 1. The van der Waals surface area contributed by atoms with Crippen molar-refractivity contribution in [3.63, 3.8) is 0 Å². The lowest BCUT2D eigenvalue weighted by Crippen LogP contribution is -2.05. The highest BCUT2D eigenvalue weighted by atomic mass is 32.1. The van der Waals surface area contributed by atoms with E-state index in [1.54, 1.807) is 18.4 Å². The number of ether oxygens (including phenoxy) is 1. The summed E-state index contributed by atoms with van der Waals surface area (Å²) in [5.74, 6) is 1.28. The Morgan fingerprint density at radius 2 is 2.18 bits per heavy atom. The maximum atomic E-state index is 6.07. The van der Waals surface area contributed by atoms with E-state index in [1.165, 1.54) is 16.9 Å². The number of nitrogen functional groups attached to an aromatic ring is 1. The fourth-order valence-corrected chi connectivity index (χ4v) is 3.60. The van der Waals surface area contributed by atoms with Gasteiger partial charge in [-0.25, -0.2) is 9.97 Å². The lowest BCUT2D eigenvalue weighted by molar-refractivity contribution is 0.112. The minimum atomic E-state index is -0.112. The van der Waals surface area contributed by atoms with Crippen LogP contribution < -0.4 is 5.73 Å². The summed E-state index contributed by atoms with van der Waals surface area (Å²) in [5.41, 5.74) is 7.44. The third-order valence-electron chi connectivity index (χ3n) is 3.33. The molecule has 0 spiro atoms. The number of nitrogens with two attached hydrogens (primary N) is 1. The largest absolute Gasteiger partial charge is 0.383 e. The zero-order chi connectivity index (χ0) is 12.0. The third-order valence-corrected chi connectivity index (χ3v) is 4.51. The molecule has 0 radical (unpaired) electrons. The Balaban J connectivity index is 2.21. The van der Waals surface area contributed by atoms with E-state index in [0.717, 1.165) is 23.1 Å². The van der Waals surface area contributed by atoms with Crippen molar-refractivity contribution in [2.75, 3.05) is 12.8 Å². The Kier molecular flexibility index (Phi) is 2.52. The smallest absolute Gasteiger partial charge is 0.160 e. The van der Waals surface area contributed by atoms with Gasteiger partial charge in [-0.2, -0.15) is 0 Å². The van der Waals surface area contributed by atoms with Gasteiger partial charge in [-0.05, 0) is 31.7 Å². The number of aromatic nitrogens is 2. The van der Waals surface area contributed by atoms with Crippen LogP contribution in [-0.4, -0.2) is 17.1 Å². The highest BCUT2D eigenvalue weighted by Gasteiger charge is 2.22. The second-order valence-electron chi connectivity index (χ2n) is 4.38. The van der Waals surface area contributed by atoms with E-state index in [9.17, 15) is 0 Å². The van der Waals surface area contributed by atoms with E-state index in [1.807, 2.05) is 6.92 Å². The van der Waals surface area contributed by atoms with Crippen LogP contribution in [0.2, 0.25) is 0 Å². The van der Waals surface area contributed by atoms with Gasteiger partial charge in [0.05, 0.1) is 5.39 Å². The van der Waals surface area contributed by atoms with Gasteiger partial charge in [0.1, 0.15) is 16.8 Å². The van der Waals surface area contributed by atoms with Gasteiger partial charge in [-0.3, -0.25) is 0 Å². The van der Waals surface area contributed by atoms with Gasteiger partial charge in [0.25, 0.3) is 0 Å². The topological polar surface area (TPSA) is 61.0 Å². The van der Waals surface area contributed by atoms with E-state index in [4.69, 9.17) is 10.5 Å². The van der Waals surface area contributed by atoms with Crippen LogP contribution >= 0.6 is 11.3 Å². The Morgan fingerprint density at radius 3 is 2.94 bits per heavy atom. The highest BCUT2D eigenvalue weighted by molar-refractivity contribution is 7.19. The van der Waals surface area contributed by atoms with Crippen LogP contribution in [0, 0.1) is 0 Å². The van der Waals surface area contributed by atoms with Crippen molar-refractivity contribution in [3.05, 3.63) is 16.3 Å². The molecule has 90 valence electrons. The first-order valence-corrected chi connectivity index (χ1v) is 6.62. The molecule has 2 aromatic rings. The normalized spacial score (nSPS) is 16.4. The summed E-state index contributed by atoms with van der Waals surface area (Å²) >= 11 is 1.76. The van der Waals surface area contributed by atoms with Crippen LogP contribution in [0.3, 0.4) is 0 Å². The Labute approximate surface area is 104 Å². The molecule has 1 atom stereocenters. The maximum absolute atomic E-state index is 6.07. The average Bonchev–Trinajstić information content (AvgIpc) is 2.86. The van der Waals surface area contributed by atoms with Crippen molar-refractivity contribution < 1.29 is 4.74 Å². The highest BCUT2D eigenvalue weighted by Crippen LogP contribution is 2.39. The second-order valence-corrected chi connectivity index (χ2v) is 5.47. The molecule has 0 amide bonds. The van der Waals surface area contributed by atoms with Gasteiger partial charge >= 0.3 is 0 Å². The summed E-state index contributed by atoms with van der Waals surface area (Å²) < 4.78 is 5.24. The standard InChI is InChI=1S/C12H15N3OS/c1-6(16-2)11-14-10(13)9-7-4-3-5-8(7)17-12(9)15-11/h6H,3-5H2,1-2H3,(H2,13,14,15). The minimum Gasteiger partial charge on any atom is -0.383 e. The molecular formula is C12H15N3OS. The Morgan fingerprint density at radius 1 is 1.35 bits per heavy atom. The fourth-order valence-electron chi connectivity index (χ4n) is 2.33. The SMILES string of the molecule is COC(C)c1nc(N)c2c3c(sc2n1)CCC3. The molecule has 17 heavy (non-hydrogen) atoms. The molecule has 5 heteroatoms. The third kappa shape index (κ3) is 1.61. The first-order valence-electron chi connectivity index (χ1n) is 5.81. The number of hydrogen-bond donors (Lipinski definition) is 1. The van der Waals surface area contributed by atoms with Crippen molar-refractivity contribution in [1.82, 2.24) is 9.97 Å². The predicted octanol–water partition coefficient (Wildman–Crippen LogP) is 2.47. The lowest BCUT2D eigenvalue weighted by Gasteiger charge is -2.09. The number of rotatable bonds is 2. The monoisotopic (exact) mass is 249 g/mol. The van der Waals surface area contributed by atoms with Gasteiger partial charge in [-0.15, -0.1) is 11.3 Å². The molecule has 1 aliphatic rings. The van der Waals surface area contributed by atoms with Crippen LogP contribution in [-0.2, 0) is 17.6 Å². The zero-order valence-corrected chi connectivity index (χ0v) is 10.8. The van der Waals surface area contributed by atoms with Crippen LogP contribution in [0.1, 0.15) is 35.7 Å².